The molecule has 1 unspecified atom stereocenters. The van der Waals surface area contributed by atoms with E-state index in [2.05, 4.69) is 15.9 Å². The summed E-state index contributed by atoms with van der Waals surface area (Å²) in [5.41, 5.74) is 1.74. The minimum absolute atomic E-state index is 0.0000463. The summed E-state index contributed by atoms with van der Waals surface area (Å²) >= 11 is 9.25. The Balaban J connectivity index is 2.17. The molecule has 0 N–H and O–H groups in total. The molecule has 0 heterocycles. The highest BCUT2D eigenvalue weighted by Gasteiger charge is 2.18. The smallest absolute Gasteiger partial charge is 0.254 e. The maximum absolute atomic E-state index is 12.4. The van der Waals surface area contributed by atoms with E-state index < -0.39 is 0 Å². The number of benzene rings is 2. The third-order valence-corrected chi connectivity index (χ3v) is 4.13. The van der Waals surface area contributed by atoms with E-state index in [0.29, 0.717) is 10.6 Å². The number of amides is 1. The van der Waals surface area contributed by atoms with E-state index >= 15 is 0 Å². The summed E-state index contributed by atoms with van der Waals surface area (Å²) < 4.78 is 0.961. The van der Waals surface area contributed by atoms with Gasteiger partial charge in [0.1, 0.15) is 0 Å². The monoisotopic (exact) mass is 351 g/mol. The molecule has 20 heavy (non-hydrogen) atoms. The minimum Gasteiger partial charge on any atom is -0.335 e. The van der Waals surface area contributed by atoms with E-state index in [0.717, 1.165) is 10.0 Å². The van der Waals surface area contributed by atoms with Crippen LogP contribution in [0.3, 0.4) is 0 Å². The number of rotatable bonds is 3. The zero-order valence-corrected chi connectivity index (χ0v) is 13.6. The van der Waals surface area contributed by atoms with E-state index in [1.54, 1.807) is 4.90 Å². The van der Waals surface area contributed by atoms with Gasteiger partial charge in [-0.05, 0) is 48.9 Å². The van der Waals surface area contributed by atoms with E-state index in [1.165, 1.54) is 0 Å². The normalized spacial score (nSPS) is 12.0. The molecule has 0 fully saturated rings. The predicted octanol–water partition coefficient (Wildman–Crippen LogP) is 4.94. The van der Waals surface area contributed by atoms with Crippen molar-refractivity contribution in [2.75, 3.05) is 7.05 Å². The molecule has 4 heteroatoms. The fourth-order valence-electron chi connectivity index (χ4n) is 1.94. The highest BCUT2D eigenvalue weighted by atomic mass is 79.9. The van der Waals surface area contributed by atoms with Gasteiger partial charge in [0.15, 0.2) is 0 Å². The summed E-state index contributed by atoms with van der Waals surface area (Å²) in [5, 5.41) is 0.697. The van der Waals surface area contributed by atoms with Gasteiger partial charge in [-0.3, -0.25) is 4.79 Å². The topological polar surface area (TPSA) is 20.3 Å². The molecule has 0 spiro atoms. The van der Waals surface area contributed by atoms with Gasteiger partial charge in [-0.15, -0.1) is 0 Å². The van der Waals surface area contributed by atoms with Crippen LogP contribution in [0.2, 0.25) is 5.02 Å². The average Bonchev–Trinajstić information content (AvgIpc) is 2.46. The molecule has 0 saturated carbocycles. The van der Waals surface area contributed by atoms with Crippen molar-refractivity contribution in [1.29, 1.82) is 0 Å². The summed E-state index contributed by atoms with van der Waals surface area (Å²) in [6.45, 7) is 2.00. The Morgan fingerprint density at radius 3 is 2.20 bits per heavy atom. The van der Waals surface area contributed by atoms with Gasteiger partial charge in [-0.1, -0.05) is 39.7 Å². The SMILES string of the molecule is CC(c1ccc(Cl)cc1)N(C)C(=O)c1ccc(Br)cc1. The summed E-state index contributed by atoms with van der Waals surface area (Å²) in [5.74, 6) is -0.0000463. The fraction of sp³-hybridized carbons (Fsp3) is 0.188. The standard InChI is InChI=1S/C16H15BrClNO/c1-11(12-5-9-15(18)10-6-12)19(2)16(20)13-3-7-14(17)8-4-13/h3-11H,1-2H3. The first-order chi connectivity index (χ1) is 9.49. The Morgan fingerprint density at radius 2 is 1.65 bits per heavy atom. The van der Waals surface area contributed by atoms with Gasteiger partial charge in [0.25, 0.3) is 5.91 Å². The predicted molar refractivity (Wildman–Crippen MR) is 86.1 cm³/mol. The van der Waals surface area contributed by atoms with Crippen molar-refractivity contribution in [1.82, 2.24) is 4.90 Å². The van der Waals surface area contributed by atoms with Gasteiger partial charge in [-0.2, -0.15) is 0 Å². The molecule has 0 aliphatic heterocycles. The second-order valence-corrected chi connectivity index (χ2v) is 6.00. The molecule has 0 aromatic heterocycles. The molecule has 0 aliphatic rings. The Bertz CT molecular complexity index is 595. The molecule has 1 atom stereocenters. The number of halogens is 2. The number of carbonyl (C=O) groups is 1. The lowest BCUT2D eigenvalue weighted by molar-refractivity contribution is 0.0742. The van der Waals surface area contributed by atoms with Crippen LogP contribution in [0.5, 0.6) is 0 Å². The largest absolute Gasteiger partial charge is 0.335 e. The van der Waals surface area contributed by atoms with Crippen molar-refractivity contribution in [3.63, 3.8) is 0 Å². The molecular formula is C16H15BrClNO. The van der Waals surface area contributed by atoms with Crippen molar-refractivity contribution < 1.29 is 4.79 Å². The van der Waals surface area contributed by atoms with Crippen molar-refractivity contribution in [3.05, 3.63) is 69.2 Å². The summed E-state index contributed by atoms with van der Waals surface area (Å²) in [6, 6.07) is 14.9. The first-order valence-corrected chi connectivity index (χ1v) is 7.44. The second-order valence-electron chi connectivity index (χ2n) is 4.65. The van der Waals surface area contributed by atoms with Crippen molar-refractivity contribution in [2.24, 2.45) is 0 Å². The molecule has 0 radical (unpaired) electrons. The second kappa shape index (κ2) is 6.42. The molecule has 2 aromatic carbocycles. The van der Waals surface area contributed by atoms with E-state index in [9.17, 15) is 4.79 Å². The van der Waals surface area contributed by atoms with Gasteiger partial charge in [0, 0.05) is 22.1 Å². The van der Waals surface area contributed by atoms with Gasteiger partial charge in [0.2, 0.25) is 0 Å². The number of hydrogen-bond acceptors (Lipinski definition) is 1. The molecule has 2 aromatic rings. The fourth-order valence-corrected chi connectivity index (χ4v) is 2.33. The lowest BCUT2D eigenvalue weighted by Crippen LogP contribution is -2.29. The van der Waals surface area contributed by atoms with Crippen LogP contribution in [0, 0.1) is 0 Å². The first-order valence-electron chi connectivity index (χ1n) is 6.27. The van der Waals surface area contributed by atoms with Gasteiger partial charge < -0.3 is 4.90 Å². The van der Waals surface area contributed by atoms with Crippen LogP contribution in [0.15, 0.2) is 53.0 Å². The zero-order valence-electron chi connectivity index (χ0n) is 11.3. The van der Waals surface area contributed by atoms with E-state index in [-0.39, 0.29) is 11.9 Å². The van der Waals surface area contributed by atoms with Crippen LogP contribution in [-0.4, -0.2) is 17.9 Å². The van der Waals surface area contributed by atoms with Gasteiger partial charge >= 0.3 is 0 Å². The molecule has 2 nitrogen and oxygen atoms in total. The minimum atomic E-state index is -0.0107. The maximum Gasteiger partial charge on any atom is 0.254 e. The molecular weight excluding hydrogens is 338 g/mol. The van der Waals surface area contributed by atoms with Crippen LogP contribution in [0.1, 0.15) is 28.9 Å². The zero-order chi connectivity index (χ0) is 14.7. The number of carbonyl (C=O) groups excluding carboxylic acids is 1. The van der Waals surface area contributed by atoms with Crippen LogP contribution in [0.4, 0.5) is 0 Å². The maximum atomic E-state index is 12.4. The van der Waals surface area contributed by atoms with Gasteiger partial charge in [-0.25, -0.2) is 0 Å². The Morgan fingerprint density at radius 1 is 1.10 bits per heavy atom. The van der Waals surface area contributed by atoms with Crippen molar-refractivity contribution in [2.45, 2.75) is 13.0 Å². The number of nitrogens with zero attached hydrogens (tertiary/aromatic N) is 1. The molecule has 0 saturated heterocycles. The summed E-state index contributed by atoms with van der Waals surface area (Å²) in [4.78, 5) is 14.2. The molecule has 0 bridgehead atoms. The van der Waals surface area contributed by atoms with Crippen LogP contribution >= 0.6 is 27.5 Å². The van der Waals surface area contributed by atoms with Crippen LogP contribution in [0.25, 0.3) is 0 Å². The Hall–Kier alpha value is -1.32. The first kappa shape index (κ1) is 15.1. The third-order valence-electron chi connectivity index (χ3n) is 3.34. The molecule has 2 rings (SSSR count). The Kier molecular flexibility index (Phi) is 4.84. The summed E-state index contributed by atoms with van der Waals surface area (Å²) in [7, 11) is 1.81. The molecule has 1 amide bonds. The van der Waals surface area contributed by atoms with Crippen LogP contribution in [-0.2, 0) is 0 Å². The van der Waals surface area contributed by atoms with E-state index in [1.807, 2.05) is 62.5 Å². The Labute approximate surface area is 132 Å². The highest BCUT2D eigenvalue weighted by Crippen LogP contribution is 2.22. The van der Waals surface area contributed by atoms with E-state index in [4.69, 9.17) is 11.6 Å². The third kappa shape index (κ3) is 3.41. The average molecular weight is 353 g/mol. The highest BCUT2D eigenvalue weighted by molar-refractivity contribution is 9.10. The van der Waals surface area contributed by atoms with Crippen molar-refractivity contribution in [3.8, 4) is 0 Å². The quantitative estimate of drug-likeness (QED) is 0.766. The lowest BCUT2D eigenvalue weighted by atomic mass is 10.1. The van der Waals surface area contributed by atoms with Gasteiger partial charge in [0.05, 0.1) is 6.04 Å². The summed E-state index contributed by atoms with van der Waals surface area (Å²) in [6.07, 6.45) is 0. The molecule has 104 valence electrons. The molecule has 0 aliphatic carbocycles. The number of hydrogen-bond donors (Lipinski definition) is 0. The van der Waals surface area contributed by atoms with Crippen molar-refractivity contribution >= 4 is 33.4 Å². The van der Waals surface area contributed by atoms with Crippen LogP contribution < -0.4 is 0 Å². The lowest BCUT2D eigenvalue weighted by Gasteiger charge is -2.25.